The Morgan fingerprint density at radius 1 is 0.967 bits per heavy atom. The first-order chi connectivity index (χ1) is 14.6. The lowest BCUT2D eigenvalue weighted by atomic mass is 10.1. The molecule has 3 aromatic carbocycles. The van der Waals surface area contributed by atoms with E-state index in [0.717, 1.165) is 42.8 Å². The summed E-state index contributed by atoms with van der Waals surface area (Å²) in [5.41, 5.74) is 4.83. The minimum absolute atomic E-state index is 0.146. The van der Waals surface area contributed by atoms with Crippen molar-refractivity contribution in [1.29, 1.82) is 0 Å². The van der Waals surface area contributed by atoms with Gasteiger partial charge in [0.1, 0.15) is 5.82 Å². The first-order valence-electron chi connectivity index (χ1n) is 10.2. The minimum Gasteiger partial charge on any atom is -0.328 e. The lowest BCUT2D eigenvalue weighted by Crippen LogP contribution is -2.11. The fourth-order valence-corrected chi connectivity index (χ4v) is 3.73. The Kier molecular flexibility index (Phi) is 6.15. The number of aromatic nitrogens is 2. The van der Waals surface area contributed by atoms with E-state index in [-0.39, 0.29) is 5.91 Å². The highest BCUT2D eigenvalue weighted by molar-refractivity contribution is 6.30. The molecule has 0 bridgehead atoms. The van der Waals surface area contributed by atoms with Gasteiger partial charge in [-0.1, -0.05) is 42.8 Å². The second kappa shape index (κ2) is 9.14. The van der Waals surface area contributed by atoms with Crippen molar-refractivity contribution in [2.75, 3.05) is 5.32 Å². The molecule has 152 valence electrons. The van der Waals surface area contributed by atoms with Crippen LogP contribution in [0.4, 0.5) is 5.69 Å². The monoisotopic (exact) mass is 417 g/mol. The number of aryl methyl sites for hydroxylation is 3. The minimum atomic E-state index is -0.146. The van der Waals surface area contributed by atoms with Crippen LogP contribution < -0.4 is 5.32 Å². The molecule has 0 saturated heterocycles. The van der Waals surface area contributed by atoms with Crippen LogP contribution in [0.25, 0.3) is 11.0 Å². The van der Waals surface area contributed by atoms with Crippen LogP contribution in [0.15, 0.2) is 72.8 Å². The van der Waals surface area contributed by atoms with Crippen molar-refractivity contribution in [3.05, 3.63) is 94.8 Å². The number of carbonyl (C=O) groups is 1. The van der Waals surface area contributed by atoms with Gasteiger partial charge in [-0.25, -0.2) is 4.98 Å². The van der Waals surface area contributed by atoms with Crippen LogP contribution in [0.5, 0.6) is 0 Å². The molecule has 0 aliphatic carbocycles. The van der Waals surface area contributed by atoms with Crippen LogP contribution in [0.3, 0.4) is 0 Å². The van der Waals surface area contributed by atoms with Crippen molar-refractivity contribution in [3.63, 3.8) is 0 Å². The Morgan fingerprint density at radius 3 is 2.43 bits per heavy atom. The average Bonchev–Trinajstić information content (AvgIpc) is 3.11. The van der Waals surface area contributed by atoms with Crippen molar-refractivity contribution in [3.8, 4) is 0 Å². The van der Waals surface area contributed by atoms with Crippen molar-refractivity contribution >= 4 is 34.2 Å². The van der Waals surface area contributed by atoms with Gasteiger partial charge < -0.3 is 9.88 Å². The molecule has 0 unspecified atom stereocenters. The molecule has 1 heterocycles. The molecule has 4 aromatic rings. The zero-order chi connectivity index (χ0) is 20.9. The zero-order valence-corrected chi connectivity index (χ0v) is 17.7. The number of nitrogens with zero attached hydrogens (tertiary/aromatic N) is 2. The van der Waals surface area contributed by atoms with Crippen LogP contribution in [0, 0.1) is 0 Å². The highest BCUT2D eigenvalue weighted by Gasteiger charge is 2.10. The molecule has 4 rings (SSSR count). The van der Waals surface area contributed by atoms with E-state index in [1.807, 2.05) is 18.2 Å². The van der Waals surface area contributed by atoms with E-state index >= 15 is 0 Å². The van der Waals surface area contributed by atoms with E-state index in [4.69, 9.17) is 16.6 Å². The zero-order valence-electron chi connectivity index (χ0n) is 16.9. The molecule has 30 heavy (non-hydrogen) atoms. The molecular formula is C25H24ClN3O. The third-order valence-electron chi connectivity index (χ3n) is 5.14. The molecule has 1 N–H and O–H groups in total. The van der Waals surface area contributed by atoms with Crippen molar-refractivity contribution in [2.45, 2.75) is 32.7 Å². The van der Waals surface area contributed by atoms with E-state index in [1.54, 1.807) is 24.3 Å². The smallest absolute Gasteiger partial charge is 0.255 e. The SMILES string of the molecule is CCCn1c(CCc2ccc(NC(=O)c3ccc(Cl)cc3)cc2)nc2ccccc21. The summed E-state index contributed by atoms with van der Waals surface area (Å²) in [6, 6.07) is 23.2. The number of hydrogen-bond acceptors (Lipinski definition) is 2. The van der Waals surface area contributed by atoms with Crippen LogP contribution >= 0.6 is 11.6 Å². The van der Waals surface area contributed by atoms with E-state index in [2.05, 4.69) is 47.1 Å². The summed E-state index contributed by atoms with van der Waals surface area (Å²) in [7, 11) is 0. The van der Waals surface area contributed by atoms with E-state index in [0.29, 0.717) is 10.6 Å². The number of rotatable bonds is 7. The molecule has 0 fully saturated rings. The third kappa shape index (κ3) is 4.55. The molecular weight excluding hydrogens is 394 g/mol. The van der Waals surface area contributed by atoms with Crippen LogP contribution in [-0.4, -0.2) is 15.5 Å². The standard InChI is InChI=1S/C25H24ClN3O/c1-2-17-29-23-6-4-3-5-22(23)28-24(29)16-9-18-7-14-21(15-8-18)27-25(30)19-10-12-20(26)13-11-19/h3-8,10-15H,2,9,16-17H2,1H3,(H,27,30). The van der Waals surface area contributed by atoms with Gasteiger partial charge in [-0.05, 0) is 66.9 Å². The number of anilines is 1. The summed E-state index contributed by atoms with van der Waals surface area (Å²) in [4.78, 5) is 17.2. The van der Waals surface area contributed by atoms with Gasteiger partial charge in [-0.2, -0.15) is 0 Å². The van der Waals surface area contributed by atoms with Gasteiger partial charge >= 0.3 is 0 Å². The predicted octanol–water partition coefficient (Wildman–Crippen LogP) is 6.14. The number of fused-ring (bicyclic) bond motifs is 1. The van der Waals surface area contributed by atoms with Crippen molar-refractivity contribution in [2.24, 2.45) is 0 Å². The number of carbonyl (C=O) groups excluding carboxylic acids is 1. The third-order valence-corrected chi connectivity index (χ3v) is 5.39. The van der Waals surface area contributed by atoms with E-state index in [1.165, 1.54) is 11.1 Å². The van der Waals surface area contributed by atoms with Gasteiger partial charge in [0.15, 0.2) is 0 Å². The maximum atomic E-state index is 12.3. The number of imidazole rings is 1. The highest BCUT2D eigenvalue weighted by Crippen LogP contribution is 2.19. The quantitative estimate of drug-likeness (QED) is 0.392. The highest BCUT2D eigenvalue weighted by atomic mass is 35.5. The van der Waals surface area contributed by atoms with Crippen LogP contribution in [-0.2, 0) is 19.4 Å². The molecule has 0 atom stereocenters. The Hall–Kier alpha value is -3.11. The molecule has 0 radical (unpaired) electrons. The molecule has 4 nitrogen and oxygen atoms in total. The van der Waals surface area contributed by atoms with E-state index < -0.39 is 0 Å². The van der Waals surface area contributed by atoms with Gasteiger partial charge in [-0.3, -0.25) is 4.79 Å². The van der Waals surface area contributed by atoms with E-state index in [9.17, 15) is 4.79 Å². The lowest BCUT2D eigenvalue weighted by Gasteiger charge is -2.09. The average molecular weight is 418 g/mol. The Bertz CT molecular complexity index is 1150. The molecule has 1 aromatic heterocycles. The fourth-order valence-electron chi connectivity index (χ4n) is 3.60. The number of nitrogens with one attached hydrogen (secondary N) is 1. The largest absolute Gasteiger partial charge is 0.328 e. The number of hydrogen-bond donors (Lipinski definition) is 1. The summed E-state index contributed by atoms with van der Waals surface area (Å²) < 4.78 is 2.33. The van der Waals surface area contributed by atoms with Gasteiger partial charge in [0, 0.05) is 29.2 Å². The summed E-state index contributed by atoms with van der Waals surface area (Å²) in [6.07, 6.45) is 2.86. The number of amides is 1. The molecule has 0 aliphatic rings. The molecule has 0 spiro atoms. The second-order valence-electron chi connectivity index (χ2n) is 7.33. The fraction of sp³-hybridized carbons (Fsp3) is 0.200. The van der Waals surface area contributed by atoms with Crippen molar-refractivity contribution < 1.29 is 4.79 Å². The maximum Gasteiger partial charge on any atom is 0.255 e. The van der Waals surface area contributed by atoms with Gasteiger partial charge in [-0.15, -0.1) is 0 Å². The number of halogens is 1. The summed E-state index contributed by atoms with van der Waals surface area (Å²) in [5.74, 6) is 0.978. The van der Waals surface area contributed by atoms with Crippen LogP contribution in [0.1, 0.15) is 35.1 Å². The first kappa shape index (κ1) is 20.2. The van der Waals surface area contributed by atoms with Gasteiger partial charge in [0.2, 0.25) is 0 Å². The first-order valence-corrected chi connectivity index (χ1v) is 10.6. The Labute approximate surface area is 181 Å². The summed E-state index contributed by atoms with van der Waals surface area (Å²) >= 11 is 5.88. The van der Waals surface area contributed by atoms with Gasteiger partial charge in [0.25, 0.3) is 5.91 Å². The topological polar surface area (TPSA) is 46.9 Å². The predicted molar refractivity (Wildman–Crippen MR) is 123 cm³/mol. The van der Waals surface area contributed by atoms with Crippen molar-refractivity contribution in [1.82, 2.24) is 9.55 Å². The Morgan fingerprint density at radius 2 is 1.70 bits per heavy atom. The maximum absolute atomic E-state index is 12.3. The van der Waals surface area contributed by atoms with Crippen LogP contribution in [0.2, 0.25) is 5.02 Å². The molecule has 1 amide bonds. The number of benzene rings is 3. The number of para-hydroxylation sites is 2. The Balaban J connectivity index is 1.42. The molecule has 5 heteroatoms. The summed E-state index contributed by atoms with van der Waals surface area (Å²) in [5, 5.41) is 3.54. The normalized spacial score (nSPS) is 11.0. The van der Waals surface area contributed by atoms with Gasteiger partial charge in [0.05, 0.1) is 11.0 Å². The summed E-state index contributed by atoms with van der Waals surface area (Å²) in [6.45, 7) is 3.17. The molecule has 0 aliphatic heterocycles. The molecule has 0 saturated carbocycles. The second-order valence-corrected chi connectivity index (χ2v) is 7.76. The lowest BCUT2D eigenvalue weighted by molar-refractivity contribution is 0.102.